The van der Waals surface area contributed by atoms with Crippen LogP contribution in [-0.2, 0) is 30.7 Å². The van der Waals surface area contributed by atoms with Crippen LogP contribution in [0.5, 0.6) is 0 Å². The minimum Gasteiger partial charge on any atom is -0.459 e. The molecule has 6 rings (SSSR count). The van der Waals surface area contributed by atoms with Gasteiger partial charge in [0.15, 0.2) is 12.1 Å². The van der Waals surface area contributed by atoms with Crippen LogP contribution in [0.3, 0.4) is 0 Å². The number of hydrogen-bond donors (Lipinski definition) is 2. The molecule has 2 N–H and O–H groups in total. The van der Waals surface area contributed by atoms with Gasteiger partial charge in [-0.05, 0) is 60.7 Å². The summed E-state index contributed by atoms with van der Waals surface area (Å²) in [6.07, 6.45) is -0.356. The first-order valence-electron chi connectivity index (χ1n) is 15.6. The largest absolute Gasteiger partial charge is 0.459 e. The van der Waals surface area contributed by atoms with Gasteiger partial charge in [0.2, 0.25) is 15.8 Å². The smallest absolute Gasteiger partial charge is 0.407 e. The molecule has 0 unspecified atom stereocenters. The summed E-state index contributed by atoms with van der Waals surface area (Å²) < 4.78 is 56.6. The third-order valence-corrected chi connectivity index (χ3v) is 10.0. The molecule has 0 radical (unpaired) electrons. The van der Waals surface area contributed by atoms with E-state index < -0.39 is 34.4 Å². The van der Waals surface area contributed by atoms with Gasteiger partial charge in [0.25, 0.3) is 5.89 Å². The average Bonchev–Trinajstić information content (AvgIpc) is 3.87. The summed E-state index contributed by atoms with van der Waals surface area (Å²) in [5.41, 5.74) is 1.41. The topological polar surface area (TPSA) is 166 Å². The maximum Gasteiger partial charge on any atom is 0.407 e. The fourth-order valence-corrected chi connectivity index (χ4v) is 7.42. The molecule has 2 aliphatic rings. The number of ether oxygens (including phenoxy) is 3. The fourth-order valence-electron chi connectivity index (χ4n) is 5.80. The van der Waals surface area contributed by atoms with Crippen LogP contribution < -0.4 is 5.32 Å². The highest BCUT2D eigenvalue weighted by Crippen LogP contribution is 2.33. The number of aromatic nitrogens is 2. The molecule has 2 aliphatic heterocycles. The summed E-state index contributed by atoms with van der Waals surface area (Å²) in [6, 6.07) is 18.0. The van der Waals surface area contributed by atoms with Crippen molar-refractivity contribution < 1.29 is 41.5 Å². The maximum atomic E-state index is 14.0. The summed E-state index contributed by atoms with van der Waals surface area (Å²) in [6.45, 7) is 4.44. The van der Waals surface area contributed by atoms with E-state index >= 15 is 0 Å². The standard InChI is InChI=1S/C33H38N4O9S/c1-21(2)18-37(47(40,41)24-12-10-23(11-13-24)30-35-31(46-36-30)28-9-6-15-42-28)19-27(38)26(17-22-7-4-3-5-8-22)34-33(39)45-29-20-44-32-25(29)14-16-43-32/h3-13,15,21,25-27,29,32,38H,14,16-20H2,1-2H3,(H,34,39)/t25-,26-,27-,29-,32+/m0/s1. The highest BCUT2D eigenvalue weighted by atomic mass is 32.2. The lowest BCUT2D eigenvalue weighted by atomic mass is 10.0. The second-order valence-electron chi connectivity index (χ2n) is 12.1. The van der Waals surface area contributed by atoms with E-state index in [2.05, 4.69) is 15.5 Å². The van der Waals surface area contributed by atoms with Gasteiger partial charge in [-0.3, -0.25) is 0 Å². The lowest BCUT2D eigenvalue weighted by molar-refractivity contribution is -0.0907. The molecule has 2 aromatic carbocycles. The second-order valence-corrected chi connectivity index (χ2v) is 14.1. The Balaban J connectivity index is 1.18. The fraction of sp³-hybridized carbons (Fsp3) is 0.424. The monoisotopic (exact) mass is 666 g/mol. The first-order chi connectivity index (χ1) is 22.7. The summed E-state index contributed by atoms with van der Waals surface area (Å²) >= 11 is 0. The third kappa shape index (κ3) is 7.74. The van der Waals surface area contributed by atoms with Gasteiger partial charge in [0.05, 0.1) is 42.4 Å². The number of furan rings is 1. The van der Waals surface area contributed by atoms with Crippen LogP contribution in [0, 0.1) is 11.8 Å². The van der Waals surface area contributed by atoms with Crippen molar-refractivity contribution in [3.63, 3.8) is 0 Å². The zero-order valence-electron chi connectivity index (χ0n) is 26.1. The summed E-state index contributed by atoms with van der Waals surface area (Å²) in [5.74, 6) is 0.801. The van der Waals surface area contributed by atoms with Crippen LogP contribution in [-0.4, -0.2) is 84.9 Å². The van der Waals surface area contributed by atoms with E-state index in [1.165, 1.54) is 22.7 Å². The number of sulfonamides is 1. The molecule has 2 saturated heterocycles. The Morgan fingerprint density at radius 2 is 1.85 bits per heavy atom. The highest BCUT2D eigenvalue weighted by Gasteiger charge is 2.44. The third-order valence-electron chi connectivity index (χ3n) is 8.18. The number of carbonyl (C=O) groups is 1. The Bertz CT molecular complexity index is 1710. The quantitative estimate of drug-likeness (QED) is 0.211. The molecular formula is C33H38N4O9S. The molecule has 2 fully saturated rings. The number of aliphatic hydroxyl groups excluding tert-OH is 1. The molecule has 5 atom stereocenters. The van der Waals surface area contributed by atoms with E-state index in [0.29, 0.717) is 17.9 Å². The maximum absolute atomic E-state index is 14.0. The number of aliphatic hydroxyl groups is 1. The SMILES string of the molecule is CC(C)CN(C[C@H](O)[C@H](Cc1ccccc1)NC(=O)O[C@H]1CO[C@H]2OCC[C@H]21)S(=O)(=O)c1ccc(-c2noc(-c3ccco3)n2)cc1. The van der Waals surface area contributed by atoms with Crippen molar-refractivity contribution in [3.8, 4) is 23.0 Å². The van der Waals surface area contributed by atoms with Gasteiger partial charge >= 0.3 is 6.09 Å². The van der Waals surface area contributed by atoms with Crippen molar-refractivity contribution in [2.75, 3.05) is 26.3 Å². The second kappa shape index (κ2) is 14.4. The highest BCUT2D eigenvalue weighted by molar-refractivity contribution is 7.89. The molecule has 2 aromatic heterocycles. The molecule has 14 heteroatoms. The first-order valence-corrected chi connectivity index (χ1v) is 17.0. The molecule has 4 aromatic rings. The Labute approximate surface area is 272 Å². The summed E-state index contributed by atoms with van der Waals surface area (Å²) in [4.78, 5) is 17.5. The van der Waals surface area contributed by atoms with E-state index in [1.54, 1.807) is 24.3 Å². The zero-order chi connectivity index (χ0) is 33.0. The number of rotatable bonds is 13. The van der Waals surface area contributed by atoms with Crippen LogP contribution in [0.15, 0.2) is 86.8 Å². The van der Waals surface area contributed by atoms with Gasteiger partial charge in [-0.25, -0.2) is 13.2 Å². The van der Waals surface area contributed by atoms with Crippen LogP contribution in [0.1, 0.15) is 25.8 Å². The molecule has 0 aliphatic carbocycles. The first kappa shape index (κ1) is 32.8. The van der Waals surface area contributed by atoms with E-state index in [4.69, 9.17) is 23.2 Å². The molecule has 250 valence electrons. The molecule has 4 heterocycles. The molecule has 0 bridgehead atoms. The number of amides is 1. The molecule has 13 nitrogen and oxygen atoms in total. The summed E-state index contributed by atoms with van der Waals surface area (Å²) in [7, 11) is -4.06. The van der Waals surface area contributed by atoms with Gasteiger partial charge < -0.3 is 33.6 Å². The Morgan fingerprint density at radius 3 is 2.57 bits per heavy atom. The van der Waals surface area contributed by atoms with Crippen molar-refractivity contribution in [1.82, 2.24) is 19.8 Å². The predicted molar refractivity (Wildman–Crippen MR) is 168 cm³/mol. The molecule has 0 spiro atoms. The van der Waals surface area contributed by atoms with Crippen molar-refractivity contribution in [1.29, 1.82) is 0 Å². The number of nitrogens with zero attached hydrogens (tertiary/aromatic N) is 3. The van der Waals surface area contributed by atoms with Gasteiger partial charge in [0.1, 0.15) is 6.10 Å². The number of nitrogens with one attached hydrogen (secondary N) is 1. The minimum absolute atomic E-state index is 0.0328. The lowest BCUT2D eigenvalue weighted by Crippen LogP contribution is -2.51. The number of carbonyl (C=O) groups excluding carboxylic acids is 1. The number of hydrogen-bond acceptors (Lipinski definition) is 11. The number of alkyl carbamates (subject to hydrolysis) is 1. The van der Waals surface area contributed by atoms with Crippen LogP contribution in [0.25, 0.3) is 23.0 Å². The number of fused-ring (bicyclic) bond motifs is 1. The minimum atomic E-state index is -4.06. The molecular weight excluding hydrogens is 628 g/mol. The van der Waals surface area contributed by atoms with Crippen molar-refractivity contribution >= 4 is 16.1 Å². The van der Waals surface area contributed by atoms with Crippen molar-refractivity contribution in [3.05, 3.63) is 78.6 Å². The van der Waals surface area contributed by atoms with Gasteiger partial charge in [0, 0.05) is 18.7 Å². The Morgan fingerprint density at radius 1 is 1.06 bits per heavy atom. The van der Waals surface area contributed by atoms with Crippen LogP contribution >= 0.6 is 0 Å². The zero-order valence-corrected chi connectivity index (χ0v) is 26.9. The van der Waals surface area contributed by atoms with E-state index in [1.807, 2.05) is 44.2 Å². The van der Waals surface area contributed by atoms with E-state index in [9.17, 15) is 18.3 Å². The molecule has 0 saturated carbocycles. The van der Waals surface area contributed by atoms with E-state index in [0.717, 1.165) is 12.0 Å². The van der Waals surface area contributed by atoms with Crippen molar-refractivity contribution in [2.45, 2.75) is 56.1 Å². The van der Waals surface area contributed by atoms with Gasteiger partial charge in [-0.2, -0.15) is 9.29 Å². The van der Waals surface area contributed by atoms with E-state index in [-0.39, 0.29) is 60.9 Å². The number of benzene rings is 2. The van der Waals surface area contributed by atoms with Crippen LogP contribution in [0.2, 0.25) is 0 Å². The van der Waals surface area contributed by atoms with Gasteiger partial charge in [-0.15, -0.1) is 0 Å². The molecule has 1 amide bonds. The predicted octanol–water partition coefficient (Wildman–Crippen LogP) is 4.10. The Kier molecular flexibility index (Phi) is 10.0. The van der Waals surface area contributed by atoms with Crippen molar-refractivity contribution in [2.24, 2.45) is 11.8 Å². The van der Waals surface area contributed by atoms with Crippen LogP contribution in [0.4, 0.5) is 4.79 Å². The summed E-state index contributed by atoms with van der Waals surface area (Å²) in [5, 5.41) is 18.3. The lowest BCUT2D eigenvalue weighted by Gasteiger charge is -2.31. The normalized spacial score (nSPS) is 20.7. The average molecular weight is 667 g/mol. The molecule has 47 heavy (non-hydrogen) atoms. The van der Waals surface area contributed by atoms with Gasteiger partial charge in [-0.1, -0.05) is 49.3 Å². The Hall–Kier alpha value is -4.08.